The lowest BCUT2D eigenvalue weighted by atomic mass is 9.96. The highest BCUT2D eigenvalue weighted by Gasteiger charge is 2.28. The molecule has 0 aliphatic carbocycles. The van der Waals surface area contributed by atoms with E-state index >= 15 is 0 Å². The second-order valence-electron chi connectivity index (χ2n) is 4.12. The van der Waals surface area contributed by atoms with Crippen molar-refractivity contribution in [2.24, 2.45) is 0 Å². The van der Waals surface area contributed by atoms with Crippen molar-refractivity contribution in [2.45, 2.75) is 0 Å². The largest absolute Gasteiger partial charge is 0.507 e. The van der Waals surface area contributed by atoms with Crippen molar-refractivity contribution in [1.82, 2.24) is 0 Å². The van der Waals surface area contributed by atoms with Crippen molar-refractivity contribution in [1.29, 1.82) is 0 Å². The molecule has 0 amide bonds. The Kier molecular flexibility index (Phi) is 3.14. The SMILES string of the molecule is O=C(O)c1c(O)cccc1-c1c(O)c(O)c(O)c(O)c1O. The van der Waals surface area contributed by atoms with Gasteiger partial charge in [-0.3, -0.25) is 0 Å². The van der Waals surface area contributed by atoms with Gasteiger partial charge in [0.05, 0.1) is 5.56 Å². The van der Waals surface area contributed by atoms with Crippen LogP contribution in [0.1, 0.15) is 10.4 Å². The number of hydrogen-bond acceptors (Lipinski definition) is 7. The summed E-state index contributed by atoms with van der Waals surface area (Å²) in [6, 6.07) is 3.44. The highest BCUT2D eigenvalue weighted by atomic mass is 16.4. The van der Waals surface area contributed by atoms with Gasteiger partial charge in [0, 0.05) is 5.56 Å². The molecule has 7 N–H and O–H groups in total. The van der Waals surface area contributed by atoms with E-state index in [-0.39, 0.29) is 5.56 Å². The van der Waals surface area contributed by atoms with Gasteiger partial charge in [0.25, 0.3) is 0 Å². The quantitative estimate of drug-likeness (QED) is 0.322. The van der Waals surface area contributed by atoms with Crippen molar-refractivity contribution in [3.05, 3.63) is 23.8 Å². The van der Waals surface area contributed by atoms with Crippen LogP contribution in [0.5, 0.6) is 34.5 Å². The number of aromatic hydroxyl groups is 6. The number of carbonyl (C=O) groups is 1. The number of rotatable bonds is 2. The van der Waals surface area contributed by atoms with Crippen LogP contribution in [-0.2, 0) is 0 Å². The molecule has 110 valence electrons. The van der Waals surface area contributed by atoms with Crippen LogP contribution in [0, 0.1) is 0 Å². The Morgan fingerprint density at radius 3 is 1.71 bits per heavy atom. The average Bonchev–Trinajstić information content (AvgIpc) is 2.43. The lowest BCUT2D eigenvalue weighted by Crippen LogP contribution is -2.00. The fourth-order valence-electron chi connectivity index (χ4n) is 1.91. The predicted molar refractivity (Wildman–Crippen MR) is 68.8 cm³/mol. The fraction of sp³-hybridized carbons (Fsp3) is 0. The van der Waals surface area contributed by atoms with Crippen LogP contribution in [0.2, 0.25) is 0 Å². The van der Waals surface area contributed by atoms with Crippen LogP contribution in [0.15, 0.2) is 18.2 Å². The number of carboxylic acid groups (broad SMARTS) is 1. The van der Waals surface area contributed by atoms with Crippen LogP contribution in [0.3, 0.4) is 0 Å². The molecule has 21 heavy (non-hydrogen) atoms. The minimum Gasteiger partial charge on any atom is -0.507 e. The molecule has 0 aliphatic heterocycles. The molecule has 2 aromatic carbocycles. The van der Waals surface area contributed by atoms with E-state index in [1.54, 1.807) is 0 Å². The summed E-state index contributed by atoms with van der Waals surface area (Å²) in [5.74, 6) is -7.74. The molecule has 0 saturated heterocycles. The van der Waals surface area contributed by atoms with E-state index in [0.717, 1.165) is 12.1 Å². The smallest absolute Gasteiger partial charge is 0.340 e. The first kappa shape index (κ1) is 14.1. The van der Waals surface area contributed by atoms with Gasteiger partial charge in [-0.2, -0.15) is 0 Å². The number of phenolic OH excluding ortho intramolecular Hbond substituents is 5. The monoisotopic (exact) mass is 294 g/mol. The summed E-state index contributed by atoms with van der Waals surface area (Å²) < 4.78 is 0. The van der Waals surface area contributed by atoms with Crippen molar-refractivity contribution in [3.63, 3.8) is 0 Å². The van der Waals surface area contributed by atoms with E-state index < -0.39 is 51.6 Å². The summed E-state index contributed by atoms with van der Waals surface area (Å²) in [6.07, 6.45) is 0. The molecule has 0 spiro atoms. The average molecular weight is 294 g/mol. The van der Waals surface area contributed by atoms with E-state index in [1.165, 1.54) is 6.07 Å². The van der Waals surface area contributed by atoms with Gasteiger partial charge in [-0.1, -0.05) is 12.1 Å². The standard InChI is InChI=1S/C13H10O8/c14-5-3-1-2-4(6(5)13(20)21)7-8(15)10(17)12(19)11(18)9(7)16/h1-3,14-19H,(H,20,21). The van der Waals surface area contributed by atoms with Gasteiger partial charge in [0.2, 0.25) is 17.2 Å². The van der Waals surface area contributed by atoms with Gasteiger partial charge in [-0.15, -0.1) is 0 Å². The molecule has 2 aromatic rings. The van der Waals surface area contributed by atoms with Crippen LogP contribution in [0.25, 0.3) is 11.1 Å². The van der Waals surface area contributed by atoms with E-state index in [9.17, 15) is 35.4 Å². The second-order valence-corrected chi connectivity index (χ2v) is 4.12. The Hall–Kier alpha value is -3.29. The van der Waals surface area contributed by atoms with E-state index in [0.29, 0.717) is 0 Å². The first-order valence-corrected chi connectivity index (χ1v) is 5.51. The highest BCUT2D eigenvalue weighted by molar-refractivity contribution is 6.01. The van der Waals surface area contributed by atoms with Gasteiger partial charge in [-0.25, -0.2) is 4.79 Å². The molecule has 0 atom stereocenters. The Morgan fingerprint density at radius 2 is 1.24 bits per heavy atom. The van der Waals surface area contributed by atoms with Crippen LogP contribution < -0.4 is 0 Å². The molecule has 0 aliphatic rings. The molecule has 0 aromatic heterocycles. The third-order valence-electron chi connectivity index (χ3n) is 2.90. The molecule has 0 bridgehead atoms. The van der Waals surface area contributed by atoms with Crippen molar-refractivity contribution in [3.8, 4) is 45.6 Å². The summed E-state index contributed by atoms with van der Waals surface area (Å²) in [5, 5.41) is 66.5. The third kappa shape index (κ3) is 1.98. The van der Waals surface area contributed by atoms with Crippen molar-refractivity contribution < 1.29 is 40.5 Å². The molecule has 2 rings (SSSR count). The van der Waals surface area contributed by atoms with Gasteiger partial charge < -0.3 is 35.7 Å². The maximum Gasteiger partial charge on any atom is 0.340 e. The van der Waals surface area contributed by atoms with Gasteiger partial charge >= 0.3 is 5.97 Å². The molecule has 0 fully saturated rings. The van der Waals surface area contributed by atoms with Crippen LogP contribution in [-0.4, -0.2) is 41.7 Å². The molecule has 0 unspecified atom stereocenters. The zero-order valence-corrected chi connectivity index (χ0v) is 10.3. The predicted octanol–water partition coefficient (Wildman–Crippen LogP) is 1.29. The van der Waals surface area contributed by atoms with E-state index in [1.807, 2.05) is 0 Å². The first-order valence-electron chi connectivity index (χ1n) is 5.51. The maximum absolute atomic E-state index is 11.2. The van der Waals surface area contributed by atoms with Crippen molar-refractivity contribution in [2.75, 3.05) is 0 Å². The molecular formula is C13H10O8. The second kappa shape index (κ2) is 4.67. The number of carboxylic acids is 1. The summed E-state index contributed by atoms with van der Waals surface area (Å²) >= 11 is 0. The highest BCUT2D eigenvalue weighted by Crippen LogP contribution is 2.55. The Balaban J connectivity index is 2.93. The lowest BCUT2D eigenvalue weighted by Gasteiger charge is -2.14. The zero-order valence-electron chi connectivity index (χ0n) is 10.3. The molecule has 0 saturated carbocycles. The Morgan fingerprint density at radius 1 is 0.762 bits per heavy atom. The van der Waals surface area contributed by atoms with Gasteiger partial charge in [0.1, 0.15) is 11.3 Å². The van der Waals surface area contributed by atoms with E-state index in [4.69, 9.17) is 5.11 Å². The summed E-state index contributed by atoms with van der Waals surface area (Å²) in [6.45, 7) is 0. The first-order chi connectivity index (χ1) is 9.77. The number of benzene rings is 2. The topological polar surface area (TPSA) is 159 Å². The number of phenols is 6. The molecular weight excluding hydrogens is 284 g/mol. The fourth-order valence-corrected chi connectivity index (χ4v) is 1.91. The van der Waals surface area contributed by atoms with Crippen LogP contribution >= 0.6 is 0 Å². The summed E-state index contributed by atoms with van der Waals surface area (Å²) in [4.78, 5) is 11.2. The van der Waals surface area contributed by atoms with Gasteiger partial charge in [0.15, 0.2) is 11.5 Å². The molecule has 8 heteroatoms. The third-order valence-corrected chi connectivity index (χ3v) is 2.90. The minimum absolute atomic E-state index is 0.358. The zero-order chi connectivity index (χ0) is 15.9. The summed E-state index contributed by atoms with van der Waals surface area (Å²) in [5.41, 5.74) is -1.66. The van der Waals surface area contributed by atoms with Crippen molar-refractivity contribution >= 4 is 5.97 Å². The van der Waals surface area contributed by atoms with E-state index in [2.05, 4.69) is 0 Å². The summed E-state index contributed by atoms with van der Waals surface area (Å²) in [7, 11) is 0. The normalized spacial score (nSPS) is 10.5. The maximum atomic E-state index is 11.2. The minimum atomic E-state index is -1.56. The lowest BCUT2D eigenvalue weighted by molar-refractivity contribution is 0.0694. The molecule has 8 nitrogen and oxygen atoms in total. The Bertz CT molecular complexity index is 721. The molecule has 0 heterocycles. The van der Waals surface area contributed by atoms with Crippen LogP contribution in [0.4, 0.5) is 0 Å². The number of aromatic carboxylic acids is 1. The molecule has 0 radical (unpaired) electrons. The number of hydrogen-bond donors (Lipinski definition) is 7. The van der Waals surface area contributed by atoms with Gasteiger partial charge in [-0.05, 0) is 6.07 Å². The Labute approximate surface area is 117 Å².